The molecule has 4 N–H and O–H groups in total. The molecule has 2 rings (SSSR count). The van der Waals surface area contributed by atoms with E-state index >= 15 is 0 Å². The summed E-state index contributed by atoms with van der Waals surface area (Å²) in [6.07, 6.45) is 1.35. The zero-order valence-corrected chi connectivity index (χ0v) is 15.4. The molecular formula is C18H26N4O4. The number of nitrogens with two attached hydrogens (primary N) is 1. The van der Waals surface area contributed by atoms with E-state index in [0.717, 1.165) is 6.42 Å². The predicted octanol–water partition coefficient (Wildman–Crippen LogP) is 0.860. The molecule has 1 aliphatic rings. The number of rotatable bonds is 7. The van der Waals surface area contributed by atoms with Crippen LogP contribution >= 0.6 is 0 Å². The molecule has 142 valence electrons. The van der Waals surface area contributed by atoms with E-state index in [0.29, 0.717) is 30.1 Å². The van der Waals surface area contributed by atoms with Crippen LogP contribution in [0.4, 0.5) is 11.4 Å². The van der Waals surface area contributed by atoms with E-state index in [1.807, 2.05) is 13.8 Å². The van der Waals surface area contributed by atoms with Crippen molar-refractivity contribution in [2.45, 2.75) is 32.7 Å². The number of hydrogen-bond donors (Lipinski definition) is 3. The van der Waals surface area contributed by atoms with Crippen molar-refractivity contribution < 1.29 is 19.1 Å². The van der Waals surface area contributed by atoms with Crippen molar-refractivity contribution in [1.29, 1.82) is 0 Å². The Morgan fingerprint density at radius 2 is 2.08 bits per heavy atom. The number of carbonyl (C=O) groups is 3. The van der Waals surface area contributed by atoms with Gasteiger partial charge in [-0.1, -0.05) is 13.8 Å². The van der Waals surface area contributed by atoms with Crippen LogP contribution < -0.4 is 26.0 Å². The minimum Gasteiger partial charge on any atom is -0.494 e. The molecule has 8 nitrogen and oxygen atoms in total. The van der Waals surface area contributed by atoms with Crippen molar-refractivity contribution in [2.75, 3.05) is 30.4 Å². The van der Waals surface area contributed by atoms with Crippen LogP contribution in [0.1, 0.15) is 26.7 Å². The van der Waals surface area contributed by atoms with Crippen LogP contribution in [0.2, 0.25) is 0 Å². The maximum Gasteiger partial charge on any atom is 0.243 e. The van der Waals surface area contributed by atoms with Gasteiger partial charge in [0.05, 0.1) is 25.4 Å². The average molecular weight is 362 g/mol. The smallest absolute Gasteiger partial charge is 0.243 e. The first kappa shape index (κ1) is 19.7. The second-order valence-corrected chi connectivity index (χ2v) is 6.57. The fourth-order valence-electron chi connectivity index (χ4n) is 2.67. The third-order valence-corrected chi connectivity index (χ3v) is 4.27. The molecule has 8 heteroatoms. The van der Waals surface area contributed by atoms with E-state index in [1.54, 1.807) is 23.1 Å². The second kappa shape index (κ2) is 8.66. The fraction of sp³-hybridized carbons (Fsp3) is 0.500. The minimum atomic E-state index is -0.653. The molecule has 0 radical (unpaired) electrons. The highest BCUT2D eigenvalue weighted by atomic mass is 16.5. The van der Waals surface area contributed by atoms with Crippen LogP contribution in [-0.2, 0) is 14.4 Å². The van der Waals surface area contributed by atoms with Crippen LogP contribution in [0.15, 0.2) is 18.2 Å². The van der Waals surface area contributed by atoms with E-state index in [1.165, 1.54) is 7.11 Å². The van der Waals surface area contributed by atoms with Gasteiger partial charge in [-0.25, -0.2) is 0 Å². The normalized spacial score (nSPS) is 15.1. The lowest BCUT2D eigenvalue weighted by Crippen LogP contribution is -2.46. The van der Waals surface area contributed by atoms with Crippen molar-refractivity contribution in [1.82, 2.24) is 5.32 Å². The lowest BCUT2D eigenvalue weighted by atomic mass is 10.1. The van der Waals surface area contributed by atoms with Gasteiger partial charge in [0.25, 0.3) is 0 Å². The van der Waals surface area contributed by atoms with Crippen LogP contribution in [0, 0.1) is 5.92 Å². The van der Waals surface area contributed by atoms with Crippen molar-refractivity contribution in [2.24, 2.45) is 11.7 Å². The summed E-state index contributed by atoms with van der Waals surface area (Å²) >= 11 is 0. The van der Waals surface area contributed by atoms with Gasteiger partial charge in [-0.2, -0.15) is 0 Å². The SMILES string of the molecule is COc1cc(NC(=O)CNC(=O)[C@@H](N)C(C)C)ccc1N1CCCC1=O. The van der Waals surface area contributed by atoms with Gasteiger partial charge >= 0.3 is 0 Å². The predicted molar refractivity (Wildman–Crippen MR) is 99.0 cm³/mol. The molecule has 0 aliphatic carbocycles. The zero-order chi connectivity index (χ0) is 19.3. The highest BCUT2D eigenvalue weighted by molar-refractivity contribution is 5.98. The van der Waals surface area contributed by atoms with Gasteiger partial charge in [0.1, 0.15) is 5.75 Å². The number of amides is 3. The van der Waals surface area contributed by atoms with Gasteiger partial charge in [-0.15, -0.1) is 0 Å². The highest BCUT2D eigenvalue weighted by Gasteiger charge is 2.24. The number of carbonyl (C=O) groups excluding carboxylic acids is 3. The molecule has 1 heterocycles. The van der Waals surface area contributed by atoms with Crippen LogP contribution in [0.3, 0.4) is 0 Å². The Morgan fingerprint density at radius 1 is 1.35 bits per heavy atom. The summed E-state index contributed by atoms with van der Waals surface area (Å²) in [5.41, 5.74) is 6.93. The first-order chi connectivity index (χ1) is 12.3. The number of benzene rings is 1. The summed E-state index contributed by atoms with van der Waals surface area (Å²) in [6.45, 7) is 4.16. The van der Waals surface area contributed by atoms with Crippen molar-refractivity contribution in [3.05, 3.63) is 18.2 Å². The van der Waals surface area contributed by atoms with Crippen molar-refractivity contribution in [3.63, 3.8) is 0 Å². The van der Waals surface area contributed by atoms with Gasteiger partial charge in [0.15, 0.2) is 0 Å². The maximum atomic E-state index is 12.0. The Morgan fingerprint density at radius 3 is 2.65 bits per heavy atom. The van der Waals surface area contributed by atoms with E-state index < -0.39 is 6.04 Å². The number of anilines is 2. The molecule has 0 saturated carbocycles. The Bertz CT molecular complexity index is 690. The summed E-state index contributed by atoms with van der Waals surface area (Å²) in [5, 5.41) is 5.21. The third kappa shape index (κ3) is 4.72. The van der Waals surface area contributed by atoms with Gasteiger partial charge < -0.3 is 26.0 Å². The molecule has 1 aliphatic heterocycles. The fourth-order valence-corrected chi connectivity index (χ4v) is 2.67. The lowest BCUT2D eigenvalue weighted by molar-refractivity contribution is -0.125. The molecule has 1 fully saturated rings. The topological polar surface area (TPSA) is 114 Å². The molecule has 0 aromatic heterocycles. The van der Waals surface area contributed by atoms with E-state index in [9.17, 15) is 14.4 Å². The summed E-state index contributed by atoms with van der Waals surface area (Å²) in [4.78, 5) is 37.4. The number of hydrogen-bond acceptors (Lipinski definition) is 5. The van der Waals surface area contributed by atoms with Gasteiger partial charge in [0, 0.05) is 24.7 Å². The summed E-state index contributed by atoms with van der Waals surface area (Å²) in [7, 11) is 1.51. The number of methoxy groups -OCH3 is 1. The number of nitrogens with zero attached hydrogens (tertiary/aromatic N) is 1. The summed E-state index contributed by atoms with van der Waals surface area (Å²) in [6, 6.07) is 4.44. The minimum absolute atomic E-state index is 0.0110. The van der Waals surface area contributed by atoms with E-state index in [4.69, 9.17) is 10.5 Å². The molecule has 1 saturated heterocycles. The van der Waals surface area contributed by atoms with Gasteiger partial charge in [0.2, 0.25) is 17.7 Å². The highest BCUT2D eigenvalue weighted by Crippen LogP contribution is 2.33. The largest absolute Gasteiger partial charge is 0.494 e. The van der Waals surface area contributed by atoms with E-state index in [-0.39, 0.29) is 30.2 Å². The van der Waals surface area contributed by atoms with Crippen LogP contribution in [-0.4, -0.2) is 44.0 Å². The summed E-state index contributed by atoms with van der Waals surface area (Å²) in [5.74, 6) is -0.187. The van der Waals surface area contributed by atoms with Gasteiger partial charge in [-0.3, -0.25) is 14.4 Å². The monoisotopic (exact) mass is 362 g/mol. The molecule has 26 heavy (non-hydrogen) atoms. The average Bonchev–Trinajstić information content (AvgIpc) is 3.04. The Balaban J connectivity index is 1.98. The van der Waals surface area contributed by atoms with Gasteiger partial charge in [-0.05, 0) is 24.5 Å². The molecule has 1 aromatic rings. The quantitative estimate of drug-likeness (QED) is 0.666. The third-order valence-electron chi connectivity index (χ3n) is 4.27. The first-order valence-electron chi connectivity index (χ1n) is 8.65. The standard InChI is InChI=1S/C18H26N4O4/c1-11(2)17(19)18(25)20-10-15(23)21-12-6-7-13(14(9-12)26-3)22-8-4-5-16(22)24/h6-7,9,11,17H,4-5,8,10,19H2,1-3H3,(H,20,25)(H,21,23)/t17-/m0/s1. The molecule has 0 unspecified atom stereocenters. The molecular weight excluding hydrogens is 336 g/mol. The number of nitrogens with one attached hydrogen (secondary N) is 2. The summed E-state index contributed by atoms with van der Waals surface area (Å²) < 4.78 is 5.35. The van der Waals surface area contributed by atoms with Crippen LogP contribution in [0.5, 0.6) is 5.75 Å². The van der Waals surface area contributed by atoms with E-state index in [2.05, 4.69) is 10.6 Å². The molecule has 0 spiro atoms. The number of ether oxygens (including phenoxy) is 1. The molecule has 1 aromatic carbocycles. The second-order valence-electron chi connectivity index (χ2n) is 6.57. The maximum absolute atomic E-state index is 12.0. The Hall–Kier alpha value is -2.61. The first-order valence-corrected chi connectivity index (χ1v) is 8.65. The lowest BCUT2D eigenvalue weighted by Gasteiger charge is -2.20. The van der Waals surface area contributed by atoms with Crippen molar-refractivity contribution in [3.8, 4) is 5.75 Å². The molecule has 0 bridgehead atoms. The Labute approximate surface area is 153 Å². The Kier molecular flexibility index (Phi) is 6.57. The van der Waals surface area contributed by atoms with Crippen molar-refractivity contribution >= 4 is 29.1 Å². The zero-order valence-electron chi connectivity index (χ0n) is 15.4. The van der Waals surface area contributed by atoms with Crippen LogP contribution in [0.25, 0.3) is 0 Å². The molecule has 1 atom stereocenters. The molecule has 3 amide bonds.